The summed E-state index contributed by atoms with van der Waals surface area (Å²) in [6, 6.07) is 0. The molecule has 0 aromatic heterocycles. The highest BCUT2D eigenvalue weighted by atomic mass is 127. The van der Waals surface area contributed by atoms with Crippen LogP contribution in [0.2, 0.25) is 0 Å². The van der Waals surface area contributed by atoms with Gasteiger partial charge in [0.25, 0.3) is 0 Å². The molecule has 1 rings (SSSR count). The van der Waals surface area contributed by atoms with Gasteiger partial charge in [-0.1, -0.05) is 28.2 Å². The minimum atomic E-state index is -0.0942. The number of nitrogens with zero attached hydrogens (tertiary/aromatic N) is 2. The van der Waals surface area contributed by atoms with Crippen molar-refractivity contribution in [2.75, 3.05) is 0 Å². The predicted molar refractivity (Wildman–Crippen MR) is 105 cm³/mol. The first-order chi connectivity index (χ1) is 8.45. The number of hydrogen-bond donors (Lipinski definition) is 2. The van der Waals surface area contributed by atoms with Crippen molar-refractivity contribution in [2.24, 2.45) is 10.1 Å². The van der Waals surface area contributed by atoms with Crippen LogP contribution in [-0.2, 0) is 0 Å². The van der Waals surface area contributed by atoms with Crippen molar-refractivity contribution in [1.82, 2.24) is 5.43 Å². The number of aliphatic imine (C=N–C) groups is 1. The maximum atomic E-state index is 4.46. The molecular weight excluding hydrogens is 492 g/mol. The maximum absolute atomic E-state index is 4.46. The first-order valence-corrected chi connectivity index (χ1v) is 11.3. The summed E-state index contributed by atoms with van der Waals surface area (Å²) in [7, 11) is 1.80. The van der Waals surface area contributed by atoms with Crippen LogP contribution in [-0.4, -0.2) is 13.7 Å². The fourth-order valence-electron chi connectivity index (χ4n) is 0.911. The van der Waals surface area contributed by atoms with E-state index in [4.69, 9.17) is 0 Å². The number of hydrazone groups is 1. The Kier molecular flexibility index (Phi) is 7.47. The Morgan fingerprint density at radius 1 is 1.44 bits per heavy atom. The molecule has 0 aliphatic carbocycles. The Morgan fingerprint density at radius 3 is 2.56 bits per heavy atom. The standard InChI is InChI=1S/C11H15I2N3S2/c1-6(2)7(3)15-16-8(4)9(5-12)10-14-11(17)13-18-10/h5,15,17H,1-4H3/b9-5-,16-8+. The second kappa shape index (κ2) is 8.05. The van der Waals surface area contributed by atoms with E-state index in [-0.39, 0.29) is 19.3 Å². The molecule has 0 aromatic rings. The molecule has 0 atom stereocenters. The SMILES string of the molecule is CC(C)=C(C)N/N=C(C)/C(=C/I)C1=NC(S)=IS1. The lowest BCUT2D eigenvalue weighted by Gasteiger charge is -2.07. The molecule has 0 amide bonds. The van der Waals surface area contributed by atoms with Gasteiger partial charge >= 0.3 is 0 Å². The van der Waals surface area contributed by atoms with E-state index < -0.39 is 0 Å². The molecule has 3 nitrogen and oxygen atoms in total. The van der Waals surface area contributed by atoms with Gasteiger partial charge in [-0.15, -0.1) is 12.6 Å². The van der Waals surface area contributed by atoms with Crippen molar-refractivity contribution in [3.63, 3.8) is 0 Å². The van der Waals surface area contributed by atoms with Gasteiger partial charge < -0.3 is 0 Å². The summed E-state index contributed by atoms with van der Waals surface area (Å²) in [6.07, 6.45) is 0. The van der Waals surface area contributed by atoms with Gasteiger partial charge in [0, 0.05) is 11.3 Å². The molecule has 1 aliphatic rings. The minimum Gasteiger partial charge on any atom is -0.283 e. The second-order valence-corrected chi connectivity index (χ2v) is 10.1. The smallest absolute Gasteiger partial charge is 0.133 e. The quantitative estimate of drug-likeness (QED) is 0.252. The molecule has 7 heteroatoms. The molecule has 0 radical (unpaired) electrons. The summed E-state index contributed by atoms with van der Waals surface area (Å²) in [5.41, 5.74) is 7.42. The van der Waals surface area contributed by atoms with Crippen LogP contribution in [0.3, 0.4) is 0 Å². The Hall–Kier alpha value is 0.650. The van der Waals surface area contributed by atoms with Crippen molar-refractivity contribution >= 4 is 77.2 Å². The summed E-state index contributed by atoms with van der Waals surface area (Å²) < 4.78 is 3.00. The van der Waals surface area contributed by atoms with Crippen LogP contribution in [0.5, 0.6) is 0 Å². The lowest BCUT2D eigenvalue weighted by molar-refractivity contribution is 0.866. The van der Waals surface area contributed by atoms with E-state index in [9.17, 15) is 0 Å². The molecule has 0 unspecified atom stereocenters. The van der Waals surface area contributed by atoms with Crippen LogP contribution in [0.25, 0.3) is 0 Å². The molecule has 18 heavy (non-hydrogen) atoms. The van der Waals surface area contributed by atoms with E-state index in [0.717, 1.165) is 25.0 Å². The average molecular weight is 507 g/mol. The average Bonchev–Trinajstić information content (AvgIpc) is 2.73. The van der Waals surface area contributed by atoms with Gasteiger partial charge in [0.1, 0.15) is 8.01 Å². The van der Waals surface area contributed by atoms with E-state index in [0.29, 0.717) is 0 Å². The van der Waals surface area contributed by atoms with Crippen molar-refractivity contribution in [1.29, 1.82) is 0 Å². The third-order valence-corrected chi connectivity index (χ3v) is 8.36. The number of hydrogen-bond acceptors (Lipinski definition) is 5. The van der Waals surface area contributed by atoms with Crippen LogP contribution in [0, 0.1) is 0 Å². The number of halogens is 2. The predicted octanol–water partition coefficient (Wildman–Crippen LogP) is 4.63. The Bertz CT molecular complexity index is 487. The third-order valence-electron chi connectivity index (χ3n) is 2.25. The maximum Gasteiger partial charge on any atom is 0.133 e. The Labute approximate surface area is 140 Å². The van der Waals surface area contributed by atoms with Crippen LogP contribution in [0.1, 0.15) is 27.7 Å². The second-order valence-electron chi connectivity index (χ2n) is 3.80. The molecule has 1 N–H and O–H groups in total. The van der Waals surface area contributed by atoms with Crippen molar-refractivity contribution in [3.8, 4) is 0 Å². The zero-order chi connectivity index (χ0) is 13.7. The van der Waals surface area contributed by atoms with Gasteiger partial charge in [-0.2, -0.15) is 5.10 Å². The summed E-state index contributed by atoms with van der Waals surface area (Å²) in [5.74, 6) is 0. The molecule has 0 bridgehead atoms. The van der Waals surface area contributed by atoms with E-state index in [2.05, 4.69) is 64.6 Å². The monoisotopic (exact) mass is 507 g/mol. The highest BCUT2D eigenvalue weighted by Crippen LogP contribution is 2.35. The Balaban J connectivity index is 2.82. The molecule has 100 valence electrons. The number of thiol groups is 1. The van der Waals surface area contributed by atoms with E-state index >= 15 is 0 Å². The zero-order valence-corrected chi connectivity index (χ0v) is 16.6. The molecular formula is C11H15I2N3S2. The van der Waals surface area contributed by atoms with Gasteiger partial charge in [0.2, 0.25) is 0 Å². The zero-order valence-electron chi connectivity index (χ0n) is 10.6. The number of nitrogens with one attached hydrogen (secondary N) is 1. The highest BCUT2D eigenvalue weighted by Gasteiger charge is 2.15. The van der Waals surface area contributed by atoms with E-state index in [1.165, 1.54) is 5.57 Å². The molecule has 0 aromatic carbocycles. The highest BCUT2D eigenvalue weighted by molar-refractivity contribution is 14.2. The fraction of sp³-hybridized carbons (Fsp3) is 0.364. The van der Waals surface area contributed by atoms with Crippen molar-refractivity contribution in [3.05, 3.63) is 20.9 Å². The van der Waals surface area contributed by atoms with Crippen LogP contribution in [0.4, 0.5) is 0 Å². The van der Waals surface area contributed by atoms with Gasteiger partial charge in [-0.3, -0.25) is 5.43 Å². The van der Waals surface area contributed by atoms with E-state index in [1.807, 2.05) is 17.9 Å². The summed E-state index contributed by atoms with van der Waals surface area (Å²) in [4.78, 5) is 4.46. The van der Waals surface area contributed by atoms with Gasteiger partial charge in [-0.05, 0) is 60.1 Å². The van der Waals surface area contributed by atoms with E-state index in [1.54, 1.807) is 8.93 Å². The molecule has 1 aliphatic heterocycles. The van der Waals surface area contributed by atoms with Crippen LogP contribution < -0.4 is 5.43 Å². The Morgan fingerprint density at radius 2 is 2.11 bits per heavy atom. The molecule has 0 saturated carbocycles. The van der Waals surface area contributed by atoms with Crippen molar-refractivity contribution in [2.45, 2.75) is 27.7 Å². The lowest BCUT2D eigenvalue weighted by atomic mass is 10.2. The number of rotatable bonds is 4. The van der Waals surface area contributed by atoms with Crippen LogP contribution >= 0.6 is 63.5 Å². The van der Waals surface area contributed by atoms with Gasteiger partial charge in [0.15, 0.2) is 0 Å². The first kappa shape index (κ1) is 16.7. The molecule has 0 saturated heterocycles. The molecule has 1 heterocycles. The normalized spacial score (nSPS) is 16.8. The third kappa shape index (κ3) is 4.97. The summed E-state index contributed by atoms with van der Waals surface area (Å²) in [6.45, 7) is 8.14. The minimum absolute atomic E-state index is 0.0942. The van der Waals surface area contributed by atoms with Crippen LogP contribution in [0.15, 0.2) is 31.0 Å². The van der Waals surface area contributed by atoms with Crippen molar-refractivity contribution < 1.29 is 0 Å². The fourth-order valence-corrected chi connectivity index (χ4v) is 6.25. The summed E-state index contributed by atoms with van der Waals surface area (Å²) in [5, 5.41) is 5.45. The number of allylic oxidation sites excluding steroid dienone is 2. The first-order valence-electron chi connectivity index (χ1n) is 5.17. The molecule has 0 fully saturated rings. The summed E-state index contributed by atoms with van der Waals surface area (Å²) >= 11 is 6.47. The van der Waals surface area contributed by atoms with Gasteiger partial charge in [-0.25, -0.2) is 4.99 Å². The molecule has 0 spiro atoms. The largest absolute Gasteiger partial charge is 0.283 e. The van der Waals surface area contributed by atoms with Gasteiger partial charge in [0.05, 0.1) is 5.71 Å². The topological polar surface area (TPSA) is 36.8 Å². The lowest BCUT2D eigenvalue weighted by Crippen LogP contribution is -2.12.